The zero-order valence-corrected chi connectivity index (χ0v) is 18.4. The maximum Gasteiger partial charge on any atom is 0.277 e. The quantitative estimate of drug-likeness (QED) is 0.673. The summed E-state index contributed by atoms with van der Waals surface area (Å²) in [6.07, 6.45) is 3.38. The number of aromatic amines is 1. The van der Waals surface area contributed by atoms with E-state index in [1.165, 1.54) is 11.4 Å². The van der Waals surface area contributed by atoms with Crippen molar-refractivity contribution in [2.75, 3.05) is 13.1 Å². The van der Waals surface area contributed by atoms with Crippen LogP contribution in [-0.2, 0) is 17.8 Å². The number of aromatic nitrogens is 3. The zero-order chi connectivity index (χ0) is 22.4. The average molecular weight is 434 g/mol. The van der Waals surface area contributed by atoms with E-state index in [2.05, 4.69) is 5.10 Å². The first-order valence-electron chi connectivity index (χ1n) is 11.2. The lowest BCUT2D eigenvalue weighted by molar-refractivity contribution is -0.129. The summed E-state index contributed by atoms with van der Waals surface area (Å²) in [6, 6.07) is 9.40. The number of amides is 2. The molecule has 8 heteroatoms. The molecular weight excluding hydrogens is 406 g/mol. The Morgan fingerprint density at radius 2 is 1.91 bits per heavy atom. The smallest absolute Gasteiger partial charge is 0.277 e. The van der Waals surface area contributed by atoms with E-state index in [4.69, 9.17) is 4.98 Å². The highest BCUT2D eigenvalue weighted by molar-refractivity contribution is 5.94. The summed E-state index contributed by atoms with van der Waals surface area (Å²) in [4.78, 5) is 46.5. The fourth-order valence-electron chi connectivity index (χ4n) is 4.80. The number of hydrogen-bond acceptors (Lipinski definition) is 4. The van der Waals surface area contributed by atoms with Crippen LogP contribution in [-0.4, -0.2) is 49.3 Å². The molecule has 0 bridgehead atoms. The molecule has 0 saturated carbocycles. The number of nitrogens with zero attached hydrogens (tertiary/aromatic N) is 4. The molecule has 32 heavy (non-hydrogen) atoms. The summed E-state index contributed by atoms with van der Waals surface area (Å²) in [5.74, 6) is -0.0372. The van der Waals surface area contributed by atoms with Gasteiger partial charge in [-0.2, -0.15) is 0 Å². The minimum atomic E-state index is -0.172. The van der Waals surface area contributed by atoms with Crippen LogP contribution >= 0.6 is 0 Å². The Morgan fingerprint density at radius 1 is 1.12 bits per heavy atom. The molecule has 0 spiro atoms. The summed E-state index contributed by atoms with van der Waals surface area (Å²) < 4.78 is 1.46. The van der Waals surface area contributed by atoms with Crippen LogP contribution in [0.3, 0.4) is 0 Å². The number of carbonyl (C=O) groups excluding carboxylic acids is 2. The van der Waals surface area contributed by atoms with Crippen LogP contribution < -0.4 is 5.56 Å². The molecule has 0 unspecified atom stereocenters. The molecular formula is C24H27N5O3. The maximum absolute atomic E-state index is 13.3. The maximum atomic E-state index is 13.3. The second-order valence-corrected chi connectivity index (χ2v) is 8.81. The second-order valence-electron chi connectivity index (χ2n) is 8.81. The van der Waals surface area contributed by atoms with E-state index in [0.29, 0.717) is 36.3 Å². The highest BCUT2D eigenvalue weighted by atomic mass is 16.2. The average Bonchev–Trinajstić information content (AvgIpc) is 3.23. The number of fused-ring (bicyclic) bond motifs is 2. The van der Waals surface area contributed by atoms with Gasteiger partial charge in [-0.3, -0.25) is 19.5 Å². The molecule has 4 heterocycles. The van der Waals surface area contributed by atoms with E-state index in [1.807, 2.05) is 42.2 Å². The summed E-state index contributed by atoms with van der Waals surface area (Å²) in [5.41, 5.74) is 4.32. The number of piperidine rings is 1. The predicted molar refractivity (Wildman–Crippen MR) is 119 cm³/mol. The van der Waals surface area contributed by atoms with Crippen molar-refractivity contribution in [1.29, 1.82) is 0 Å². The molecule has 1 atom stereocenters. The lowest BCUT2D eigenvalue weighted by Crippen LogP contribution is -2.39. The van der Waals surface area contributed by atoms with E-state index in [9.17, 15) is 14.4 Å². The van der Waals surface area contributed by atoms with Gasteiger partial charge in [-0.05, 0) is 38.3 Å². The van der Waals surface area contributed by atoms with Gasteiger partial charge in [0, 0.05) is 38.1 Å². The summed E-state index contributed by atoms with van der Waals surface area (Å²) in [5, 5.41) is 3.22. The third-order valence-corrected chi connectivity index (χ3v) is 6.65. The van der Waals surface area contributed by atoms with Crippen molar-refractivity contribution >= 4 is 17.5 Å². The van der Waals surface area contributed by atoms with E-state index in [1.54, 1.807) is 4.90 Å². The van der Waals surface area contributed by atoms with Crippen LogP contribution in [0.25, 0.3) is 5.65 Å². The van der Waals surface area contributed by atoms with Crippen molar-refractivity contribution in [2.45, 2.75) is 52.1 Å². The molecule has 2 aromatic heterocycles. The van der Waals surface area contributed by atoms with E-state index in [-0.39, 0.29) is 30.0 Å². The second kappa shape index (κ2) is 7.93. The number of aryl methyl sites for hydroxylation is 1. The van der Waals surface area contributed by atoms with Crippen LogP contribution in [0.5, 0.6) is 0 Å². The minimum absolute atomic E-state index is 0.00468. The minimum Gasteiger partial charge on any atom is -0.338 e. The molecule has 1 saturated heterocycles. The molecule has 1 fully saturated rings. The number of likely N-dealkylation sites (tertiary alicyclic amines) is 1. The van der Waals surface area contributed by atoms with Gasteiger partial charge in [0.15, 0.2) is 5.65 Å². The Hall–Kier alpha value is -3.42. The molecule has 1 N–H and O–H groups in total. The highest BCUT2D eigenvalue weighted by Gasteiger charge is 2.31. The monoisotopic (exact) mass is 433 g/mol. The van der Waals surface area contributed by atoms with Gasteiger partial charge in [-0.15, -0.1) is 0 Å². The molecule has 5 rings (SSSR count). The molecule has 166 valence electrons. The van der Waals surface area contributed by atoms with Gasteiger partial charge >= 0.3 is 0 Å². The number of nitrogens with one attached hydrogen (secondary N) is 1. The van der Waals surface area contributed by atoms with Gasteiger partial charge in [0.1, 0.15) is 0 Å². The van der Waals surface area contributed by atoms with Crippen molar-refractivity contribution in [1.82, 2.24) is 24.4 Å². The van der Waals surface area contributed by atoms with Crippen molar-refractivity contribution in [3.63, 3.8) is 0 Å². The van der Waals surface area contributed by atoms with Gasteiger partial charge < -0.3 is 9.80 Å². The van der Waals surface area contributed by atoms with Crippen molar-refractivity contribution in [3.05, 3.63) is 68.8 Å². The Labute approximate surface area is 185 Å². The van der Waals surface area contributed by atoms with Crippen LogP contribution in [0.4, 0.5) is 0 Å². The Bertz CT molecular complexity index is 1260. The molecule has 1 aromatic carbocycles. The standard InChI is InChI=1S/C24H27N5O3/c1-15-6-8-17(9-7-15)23(31)28-11-4-3-5-21(28)20-13-22-25-19-10-12-27(16(2)30)14-18(19)24(32)29(22)26-20/h6-9,13,21,26H,3-5,10-12,14H2,1-2H3/t21-/m0/s1. The van der Waals surface area contributed by atoms with Gasteiger partial charge in [-0.1, -0.05) is 17.7 Å². The molecule has 2 aliphatic heterocycles. The molecule has 3 aromatic rings. The number of benzene rings is 1. The number of rotatable bonds is 2. The molecule has 0 radical (unpaired) electrons. The lowest BCUT2D eigenvalue weighted by Gasteiger charge is -2.35. The number of carbonyl (C=O) groups is 2. The van der Waals surface area contributed by atoms with Crippen LogP contribution in [0, 0.1) is 6.92 Å². The SMILES string of the molecule is CC(=O)N1CCc2nc3cc([C@@H]4CCCCN4C(=O)c4ccc(C)cc4)[nH]n3c(=O)c2C1. The first-order chi connectivity index (χ1) is 15.4. The predicted octanol–water partition coefficient (Wildman–Crippen LogP) is 2.60. The van der Waals surface area contributed by atoms with Crippen molar-refractivity contribution < 1.29 is 9.59 Å². The van der Waals surface area contributed by atoms with E-state index >= 15 is 0 Å². The van der Waals surface area contributed by atoms with Gasteiger partial charge in [0.2, 0.25) is 5.91 Å². The van der Waals surface area contributed by atoms with Gasteiger partial charge in [-0.25, -0.2) is 9.50 Å². The largest absolute Gasteiger partial charge is 0.338 e. The van der Waals surface area contributed by atoms with Crippen LogP contribution in [0.1, 0.15) is 65.1 Å². The fourth-order valence-corrected chi connectivity index (χ4v) is 4.80. The Kier molecular flexibility index (Phi) is 5.07. The summed E-state index contributed by atoms with van der Waals surface area (Å²) >= 11 is 0. The van der Waals surface area contributed by atoms with E-state index < -0.39 is 0 Å². The third kappa shape index (κ3) is 3.49. The number of H-pyrrole nitrogens is 1. The number of hydrogen-bond donors (Lipinski definition) is 1. The summed E-state index contributed by atoms with van der Waals surface area (Å²) in [7, 11) is 0. The van der Waals surface area contributed by atoms with Crippen LogP contribution in [0.15, 0.2) is 35.1 Å². The third-order valence-electron chi connectivity index (χ3n) is 6.65. The first kappa shape index (κ1) is 20.5. The van der Waals surface area contributed by atoms with Crippen molar-refractivity contribution in [3.8, 4) is 0 Å². The molecule has 2 amide bonds. The van der Waals surface area contributed by atoms with Crippen LogP contribution in [0.2, 0.25) is 0 Å². The molecule has 2 aliphatic rings. The normalized spacial score (nSPS) is 18.6. The topological polar surface area (TPSA) is 90.8 Å². The Balaban J connectivity index is 1.51. The fraction of sp³-hybridized carbons (Fsp3) is 0.417. The lowest BCUT2D eigenvalue weighted by atomic mass is 9.98. The zero-order valence-electron chi connectivity index (χ0n) is 18.4. The highest BCUT2D eigenvalue weighted by Crippen LogP contribution is 2.32. The molecule has 0 aliphatic carbocycles. The van der Waals surface area contributed by atoms with Crippen molar-refractivity contribution in [2.24, 2.45) is 0 Å². The van der Waals surface area contributed by atoms with Gasteiger partial charge in [0.25, 0.3) is 11.5 Å². The Morgan fingerprint density at radius 3 is 2.66 bits per heavy atom. The van der Waals surface area contributed by atoms with E-state index in [0.717, 1.165) is 36.2 Å². The first-order valence-corrected chi connectivity index (χ1v) is 11.2. The summed E-state index contributed by atoms with van der Waals surface area (Å²) in [6.45, 7) is 5.06. The van der Waals surface area contributed by atoms with Gasteiger partial charge in [0.05, 0.1) is 29.5 Å². The molecule has 8 nitrogen and oxygen atoms in total.